The second-order valence-electron chi connectivity index (χ2n) is 5.91. The first-order valence-electron chi connectivity index (χ1n) is 8.08. The number of aryl methyl sites for hydroxylation is 1. The number of hydrogen-bond acceptors (Lipinski definition) is 3. The maximum Gasteiger partial charge on any atom is 0.248 e. The van der Waals surface area contributed by atoms with E-state index in [0.29, 0.717) is 25.9 Å². The van der Waals surface area contributed by atoms with E-state index >= 15 is 0 Å². The molecule has 2 aromatic rings. The average molecular weight is 329 g/mol. The van der Waals surface area contributed by atoms with Gasteiger partial charge in [-0.2, -0.15) is 0 Å². The lowest BCUT2D eigenvalue weighted by atomic mass is 10.1. The van der Waals surface area contributed by atoms with Crippen LogP contribution < -0.4 is 10.5 Å². The number of benzene rings is 1. The molecule has 1 aromatic carbocycles. The number of rotatable bonds is 4. The van der Waals surface area contributed by atoms with Crippen molar-refractivity contribution in [3.8, 4) is 0 Å². The summed E-state index contributed by atoms with van der Waals surface area (Å²) in [5.41, 5.74) is 1.82. The average Bonchev–Trinajstić information content (AvgIpc) is 2.62. The van der Waals surface area contributed by atoms with Crippen molar-refractivity contribution in [1.29, 1.82) is 0 Å². The first-order chi connectivity index (χ1) is 11.6. The van der Waals surface area contributed by atoms with Gasteiger partial charge in [0, 0.05) is 44.9 Å². The molecule has 126 valence electrons. The minimum atomic E-state index is -0.261. The van der Waals surface area contributed by atoms with Gasteiger partial charge in [-0.05, 0) is 30.2 Å². The summed E-state index contributed by atoms with van der Waals surface area (Å²) in [5, 5.41) is 0. The van der Waals surface area contributed by atoms with E-state index in [-0.39, 0.29) is 17.3 Å². The Morgan fingerprint density at radius 1 is 1.04 bits per heavy atom. The number of anilines is 1. The van der Waals surface area contributed by atoms with Gasteiger partial charge in [-0.25, -0.2) is 4.39 Å². The first-order valence-corrected chi connectivity index (χ1v) is 8.08. The predicted octanol–water partition coefficient (Wildman–Crippen LogP) is 1.80. The highest BCUT2D eigenvalue weighted by molar-refractivity contribution is 5.76. The fourth-order valence-electron chi connectivity index (χ4n) is 2.87. The summed E-state index contributed by atoms with van der Waals surface area (Å²) in [5.74, 6) is -0.135. The highest BCUT2D eigenvalue weighted by atomic mass is 19.1. The Labute approximate surface area is 139 Å². The summed E-state index contributed by atoms with van der Waals surface area (Å²) < 4.78 is 12.9. The number of carbonyl (C=O) groups excluding carboxylic acids is 1. The van der Waals surface area contributed by atoms with E-state index in [0.717, 1.165) is 24.3 Å². The molecule has 0 aliphatic carbocycles. The standard InChI is InChI=1S/C18H20FN3O2/c19-15-4-1-14(2-5-15)3-8-18(24)22-11-9-21(10-12-22)16-6-7-17(23)20-13-16/h1-2,4-7,13H,3,8-12H2,(H,20,23). The summed E-state index contributed by atoms with van der Waals surface area (Å²) in [6.07, 6.45) is 2.76. The van der Waals surface area contributed by atoms with E-state index in [2.05, 4.69) is 9.88 Å². The monoisotopic (exact) mass is 329 g/mol. The van der Waals surface area contributed by atoms with E-state index in [1.165, 1.54) is 18.2 Å². The number of halogens is 1. The Morgan fingerprint density at radius 3 is 2.38 bits per heavy atom. The number of nitrogens with one attached hydrogen (secondary N) is 1. The molecule has 5 nitrogen and oxygen atoms in total. The second-order valence-corrected chi connectivity index (χ2v) is 5.91. The zero-order valence-corrected chi connectivity index (χ0v) is 13.4. The van der Waals surface area contributed by atoms with Crippen molar-refractivity contribution in [3.63, 3.8) is 0 Å². The summed E-state index contributed by atoms with van der Waals surface area (Å²) in [7, 11) is 0. The highest BCUT2D eigenvalue weighted by Crippen LogP contribution is 2.14. The third kappa shape index (κ3) is 4.01. The maximum atomic E-state index is 12.9. The van der Waals surface area contributed by atoms with Gasteiger partial charge < -0.3 is 14.8 Å². The number of nitrogens with zero attached hydrogens (tertiary/aromatic N) is 2. The molecule has 1 N–H and O–H groups in total. The number of H-pyrrole nitrogens is 1. The van der Waals surface area contributed by atoms with Crippen molar-refractivity contribution in [3.05, 3.63) is 64.3 Å². The van der Waals surface area contributed by atoms with Crippen LogP contribution in [0.4, 0.5) is 10.1 Å². The van der Waals surface area contributed by atoms with Crippen molar-refractivity contribution < 1.29 is 9.18 Å². The van der Waals surface area contributed by atoms with Gasteiger partial charge in [-0.3, -0.25) is 9.59 Å². The fraction of sp³-hybridized carbons (Fsp3) is 0.333. The number of carbonyl (C=O) groups is 1. The number of aromatic nitrogens is 1. The molecule has 1 aliphatic heterocycles. The van der Waals surface area contributed by atoms with Crippen LogP contribution in [0, 0.1) is 5.82 Å². The quantitative estimate of drug-likeness (QED) is 0.930. The van der Waals surface area contributed by atoms with E-state index in [4.69, 9.17) is 0 Å². The van der Waals surface area contributed by atoms with Gasteiger partial charge in [-0.1, -0.05) is 12.1 Å². The summed E-state index contributed by atoms with van der Waals surface area (Å²) in [6, 6.07) is 9.58. The SMILES string of the molecule is O=C(CCc1ccc(F)cc1)N1CCN(c2ccc(=O)[nH]c2)CC1. The second kappa shape index (κ2) is 7.29. The lowest BCUT2D eigenvalue weighted by molar-refractivity contribution is -0.131. The van der Waals surface area contributed by atoms with Crippen LogP contribution in [-0.4, -0.2) is 42.0 Å². The molecule has 1 amide bonds. The van der Waals surface area contributed by atoms with Gasteiger partial charge in [0.05, 0.1) is 5.69 Å². The van der Waals surface area contributed by atoms with Crippen LogP contribution in [0.5, 0.6) is 0 Å². The molecular weight excluding hydrogens is 309 g/mol. The van der Waals surface area contributed by atoms with Gasteiger partial charge in [0.2, 0.25) is 11.5 Å². The molecular formula is C18H20FN3O2. The summed E-state index contributed by atoms with van der Waals surface area (Å²) in [6.45, 7) is 2.82. The fourth-order valence-corrected chi connectivity index (χ4v) is 2.87. The third-order valence-corrected chi connectivity index (χ3v) is 4.31. The normalized spacial score (nSPS) is 14.7. The minimum Gasteiger partial charge on any atom is -0.367 e. The van der Waals surface area contributed by atoms with Gasteiger partial charge in [0.25, 0.3) is 0 Å². The zero-order valence-electron chi connectivity index (χ0n) is 13.4. The molecule has 6 heteroatoms. The molecule has 3 rings (SSSR count). The first kappa shape index (κ1) is 16.2. The Morgan fingerprint density at radius 2 is 1.75 bits per heavy atom. The summed E-state index contributed by atoms with van der Waals surface area (Å²) in [4.78, 5) is 30.1. The van der Waals surface area contributed by atoms with Crippen LogP contribution >= 0.6 is 0 Å². The van der Waals surface area contributed by atoms with Gasteiger partial charge >= 0.3 is 0 Å². The molecule has 0 radical (unpaired) electrons. The highest BCUT2D eigenvalue weighted by Gasteiger charge is 2.21. The van der Waals surface area contributed by atoms with E-state index in [1.807, 2.05) is 4.90 Å². The van der Waals surface area contributed by atoms with Crippen molar-refractivity contribution in [2.45, 2.75) is 12.8 Å². The lowest BCUT2D eigenvalue weighted by Gasteiger charge is -2.36. The van der Waals surface area contributed by atoms with Crippen molar-refractivity contribution >= 4 is 11.6 Å². The third-order valence-electron chi connectivity index (χ3n) is 4.31. The van der Waals surface area contributed by atoms with Crippen LogP contribution in [-0.2, 0) is 11.2 Å². The van der Waals surface area contributed by atoms with Crippen LogP contribution in [0.1, 0.15) is 12.0 Å². The Hall–Kier alpha value is -2.63. The van der Waals surface area contributed by atoms with Crippen LogP contribution in [0.25, 0.3) is 0 Å². The maximum absolute atomic E-state index is 12.9. The smallest absolute Gasteiger partial charge is 0.248 e. The number of aromatic amines is 1. The Balaban J connectivity index is 1.48. The zero-order chi connectivity index (χ0) is 16.9. The topological polar surface area (TPSA) is 56.4 Å². The largest absolute Gasteiger partial charge is 0.367 e. The molecule has 0 atom stereocenters. The minimum absolute atomic E-state index is 0.117. The van der Waals surface area contributed by atoms with Crippen LogP contribution in [0.15, 0.2) is 47.4 Å². The molecule has 1 fully saturated rings. The molecule has 0 saturated carbocycles. The molecule has 2 heterocycles. The number of amides is 1. The molecule has 1 aromatic heterocycles. The van der Waals surface area contributed by atoms with E-state index in [9.17, 15) is 14.0 Å². The van der Waals surface area contributed by atoms with Crippen molar-refractivity contribution in [1.82, 2.24) is 9.88 Å². The number of piperazine rings is 1. The predicted molar refractivity (Wildman–Crippen MR) is 90.6 cm³/mol. The van der Waals surface area contributed by atoms with Gasteiger partial charge in [-0.15, -0.1) is 0 Å². The molecule has 0 spiro atoms. The molecule has 1 aliphatic rings. The number of hydrogen-bond donors (Lipinski definition) is 1. The summed E-state index contributed by atoms with van der Waals surface area (Å²) >= 11 is 0. The molecule has 1 saturated heterocycles. The van der Waals surface area contributed by atoms with Crippen molar-refractivity contribution in [2.75, 3.05) is 31.1 Å². The van der Waals surface area contributed by atoms with Crippen LogP contribution in [0.2, 0.25) is 0 Å². The van der Waals surface area contributed by atoms with Crippen LogP contribution in [0.3, 0.4) is 0 Å². The molecule has 0 bridgehead atoms. The molecule has 24 heavy (non-hydrogen) atoms. The molecule has 0 unspecified atom stereocenters. The lowest BCUT2D eigenvalue weighted by Crippen LogP contribution is -2.49. The van der Waals surface area contributed by atoms with Crippen molar-refractivity contribution in [2.24, 2.45) is 0 Å². The van der Waals surface area contributed by atoms with Gasteiger partial charge in [0.15, 0.2) is 0 Å². The Kier molecular flexibility index (Phi) is 4.93. The van der Waals surface area contributed by atoms with E-state index < -0.39 is 0 Å². The van der Waals surface area contributed by atoms with Gasteiger partial charge in [0.1, 0.15) is 5.82 Å². The van der Waals surface area contributed by atoms with E-state index in [1.54, 1.807) is 24.4 Å². The number of pyridine rings is 1. The Bertz CT molecular complexity index is 729.